The second-order valence-electron chi connectivity index (χ2n) is 5.34. The summed E-state index contributed by atoms with van der Waals surface area (Å²) in [5.41, 5.74) is 5.63. The Labute approximate surface area is 115 Å². The fraction of sp³-hybridized carbons (Fsp3) is 0.857. The lowest BCUT2D eigenvalue weighted by molar-refractivity contribution is -0.126. The van der Waals surface area contributed by atoms with Crippen molar-refractivity contribution in [2.75, 3.05) is 19.6 Å². The molecule has 0 spiro atoms. The minimum absolute atomic E-state index is 0.00832. The molecule has 5 nitrogen and oxygen atoms in total. The van der Waals surface area contributed by atoms with Crippen molar-refractivity contribution in [1.82, 2.24) is 10.6 Å². The van der Waals surface area contributed by atoms with Crippen LogP contribution in [-0.4, -0.2) is 31.4 Å². The largest absolute Gasteiger partial charge is 0.356 e. The molecule has 0 heterocycles. The van der Waals surface area contributed by atoms with Crippen molar-refractivity contribution < 1.29 is 9.59 Å². The van der Waals surface area contributed by atoms with E-state index in [0.29, 0.717) is 25.4 Å². The predicted molar refractivity (Wildman–Crippen MR) is 75.4 cm³/mol. The van der Waals surface area contributed by atoms with Gasteiger partial charge in [0.05, 0.1) is 0 Å². The Morgan fingerprint density at radius 2 is 1.79 bits per heavy atom. The molecule has 0 aromatic heterocycles. The van der Waals surface area contributed by atoms with E-state index in [2.05, 4.69) is 10.6 Å². The molecule has 0 saturated heterocycles. The molecule has 0 aliphatic heterocycles. The van der Waals surface area contributed by atoms with Crippen LogP contribution >= 0.6 is 0 Å². The van der Waals surface area contributed by atoms with Crippen LogP contribution in [0.3, 0.4) is 0 Å². The van der Waals surface area contributed by atoms with Gasteiger partial charge in [-0.05, 0) is 44.6 Å². The lowest BCUT2D eigenvalue weighted by Gasteiger charge is -2.26. The van der Waals surface area contributed by atoms with Gasteiger partial charge >= 0.3 is 0 Å². The summed E-state index contributed by atoms with van der Waals surface area (Å²) >= 11 is 0. The zero-order valence-electron chi connectivity index (χ0n) is 11.9. The maximum absolute atomic E-state index is 11.9. The second-order valence-corrected chi connectivity index (χ2v) is 5.34. The molecular weight excluding hydrogens is 242 g/mol. The molecule has 1 aliphatic rings. The minimum atomic E-state index is 0.00832. The monoisotopic (exact) mass is 269 g/mol. The van der Waals surface area contributed by atoms with Gasteiger partial charge < -0.3 is 16.4 Å². The van der Waals surface area contributed by atoms with E-state index in [4.69, 9.17) is 5.73 Å². The van der Waals surface area contributed by atoms with E-state index in [1.807, 2.05) is 6.92 Å². The summed E-state index contributed by atoms with van der Waals surface area (Å²) in [5, 5.41) is 5.66. The van der Waals surface area contributed by atoms with Gasteiger partial charge in [0.15, 0.2) is 0 Å². The smallest absolute Gasteiger partial charge is 0.223 e. The van der Waals surface area contributed by atoms with Gasteiger partial charge in [-0.2, -0.15) is 0 Å². The Balaban J connectivity index is 2.13. The van der Waals surface area contributed by atoms with Gasteiger partial charge in [0, 0.05) is 25.4 Å². The number of amides is 2. The predicted octanol–water partition coefficient (Wildman–Crippen LogP) is 0.784. The molecule has 1 aliphatic carbocycles. The van der Waals surface area contributed by atoms with Crippen LogP contribution in [0.5, 0.6) is 0 Å². The highest BCUT2D eigenvalue weighted by molar-refractivity contribution is 5.80. The highest BCUT2D eigenvalue weighted by Gasteiger charge is 2.25. The first-order valence-electron chi connectivity index (χ1n) is 7.41. The van der Waals surface area contributed by atoms with E-state index >= 15 is 0 Å². The number of nitrogens with two attached hydrogens (primary N) is 1. The second kappa shape index (κ2) is 8.91. The molecule has 0 aromatic carbocycles. The molecule has 0 atom stereocenters. The fourth-order valence-electron chi connectivity index (χ4n) is 2.46. The van der Waals surface area contributed by atoms with Crippen molar-refractivity contribution in [3.63, 3.8) is 0 Å². The molecule has 5 heteroatoms. The topological polar surface area (TPSA) is 84.2 Å². The summed E-state index contributed by atoms with van der Waals surface area (Å²) in [6, 6.07) is 0. The van der Waals surface area contributed by atoms with E-state index in [-0.39, 0.29) is 17.7 Å². The van der Waals surface area contributed by atoms with Crippen LogP contribution in [0.2, 0.25) is 0 Å². The van der Waals surface area contributed by atoms with E-state index < -0.39 is 0 Å². The van der Waals surface area contributed by atoms with Crippen LogP contribution in [0.1, 0.15) is 45.4 Å². The van der Waals surface area contributed by atoms with Crippen molar-refractivity contribution >= 4 is 11.8 Å². The molecular formula is C14H27N3O2. The van der Waals surface area contributed by atoms with Crippen LogP contribution in [0.25, 0.3) is 0 Å². The summed E-state index contributed by atoms with van der Waals surface area (Å²) < 4.78 is 0. The number of carbonyl (C=O) groups is 2. The normalized spacial score (nSPS) is 22.8. The van der Waals surface area contributed by atoms with E-state index in [1.165, 1.54) is 0 Å². The third-order valence-electron chi connectivity index (χ3n) is 3.77. The molecule has 0 aromatic rings. The van der Waals surface area contributed by atoms with E-state index in [9.17, 15) is 9.59 Å². The Morgan fingerprint density at radius 1 is 1.11 bits per heavy atom. The number of hydrogen-bond acceptors (Lipinski definition) is 3. The molecule has 1 rings (SSSR count). The van der Waals surface area contributed by atoms with Gasteiger partial charge in [-0.25, -0.2) is 0 Å². The number of rotatable bonds is 7. The van der Waals surface area contributed by atoms with Crippen LogP contribution in [0.15, 0.2) is 0 Å². The highest BCUT2D eigenvalue weighted by atomic mass is 16.2. The van der Waals surface area contributed by atoms with Crippen molar-refractivity contribution in [2.45, 2.75) is 45.4 Å². The van der Waals surface area contributed by atoms with Crippen molar-refractivity contribution in [2.24, 2.45) is 17.6 Å². The average molecular weight is 269 g/mol. The van der Waals surface area contributed by atoms with Crippen LogP contribution < -0.4 is 16.4 Å². The van der Waals surface area contributed by atoms with Crippen LogP contribution in [0, 0.1) is 11.8 Å². The lowest BCUT2D eigenvalue weighted by Crippen LogP contribution is -2.36. The fourth-order valence-corrected chi connectivity index (χ4v) is 2.46. The molecule has 19 heavy (non-hydrogen) atoms. The maximum Gasteiger partial charge on any atom is 0.223 e. The third kappa shape index (κ3) is 6.05. The highest BCUT2D eigenvalue weighted by Crippen LogP contribution is 2.27. The summed E-state index contributed by atoms with van der Waals surface area (Å²) in [7, 11) is 0. The van der Waals surface area contributed by atoms with Crippen molar-refractivity contribution in [1.29, 1.82) is 0 Å². The number of nitrogens with one attached hydrogen (secondary N) is 2. The summed E-state index contributed by atoms with van der Waals surface area (Å²) in [4.78, 5) is 23.3. The lowest BCUT2D eigenvalue weighted by atomic mass is 9.81. The van der Waals surface area contributed by atoms with E-state index in [1.54, 1.807) is 0 Å². The molecule has 0 unspecified atom stereocenters. The number of hydrogen-bond donors (Lipinski definition) is 3. The Bertz CT molecular complexity index is 286. The van der Waals surface area contributed by atoms with Gasteiger partial charge in [0.2, 0.25) is 11.8 Å². The molecule has 2 amide bonds. The molecule has 0 radical (unpaired) electrons. The third-order valence-corrected chi connectivity index (χ3v) is 3.77. The number of carbonyl (C=O) groups excluding carboxylic acids is 2. The molecule has 1 saturated carbocycles. The quantitative estimate of drug-likeness (QED) is 0.638. The Hall–Kier alpha value is -1.10. The molecule has 110 valence electrons. The maximum atomic E-state index is 11.9. The zero-order chi connectivity index (χ0) is 14.1. The molecule has 4 N–H and O–H groups in total. The first-order chi connectivity index (χ1) is 9.17. The summed E-state index contributed by atoms with van der Waals surface area (Å²) in [5.74, 6) is 0.804. The first-order valence-corrected chi connectivity index (χ1v) is 7.41. The Morgan fingerprint density at radius 3 is 2.37 bits per heavy atom. The van der Waals surface area contributed by atoms with Crippen LogP contribution in [0.4, 0.5) is 0 Å². The average Bonchev–Trinajstić information content (AvgIpc) is 2.45. The molecule has 1 fully saturated rings. The minimum Gasteiger partial charge on any atom is -0.356 e. The van der Waals surface area contributed by atoms with Gasteiger partial charge in [-0.15, -0.1) is 0 Å². The van der Waals surface area contributed by atoms with Crippen molar-refractivity contribution in [3.05, 3.63) is 0 Å². The standard InChI is InChI=1S/C14H27N3O2/c1-2-8-16-13(18)7-9-17-14(19)12-5-3-11(10-15)4-6-12/h11-12H,2-10,15H2,1H3,(H,16,18)(H,17,19). The van der Waals surface area contributed by atoms with Crippen molar-refractivity contribution in [3.8, 4) is 0 Å². The van der Waals surface area contributed by atoms with E-state index in [0.717, 1.165) is 38.6 Å². The van der Waals surface area contributed by atoms with Gasteiger partial charge in [0.1, 0.15) is 0 Å². The summed E-state index contributed by atoms with van der Waals surface area (Å²) in [6.07, 6.45) is 5.25. The van der Waals surface area contributed by atoms with Crippen LogP contribution in [-0.2, 0) is 9.59 Å². The van der Waals surface area contributed by atoms with Gasteiger partial charge in [-0.1, -0.05) is 6.92 Å². The molecule has 0 bridgehead atoms. The first kappa shape index (κ1) is 16.0. The van der Waals surface area contributed by atoms with Gasteiger partial charge in [-0.3, -0.25) is 9.59 Å². The summed E-state index contributed by atoms with van der Waals surface area (Å²) in [6.45, 7) is 3.88. The van der Waals surface area contributed by atoms with Gasteiger partial charge in [0.25, 0.3) is 0 Å². The zero-order valence-corrected chi connectivity index (χ0v) is 11.9. The SMILES string of the molecule is CCCNC(=O)CCNC(=O)C1CCC(CN)CC1. The Kier molecular flexibility index (Phi) is 7.48.